The van der Waals surface area contributed by atoms with Crippen molar-refractivity contribution in [2.75, 3.05) is 0 Å². The summed E-state index contributed by atoms with van der Waals surface area (Å²) in [5.41, 5.74) is 0. The average molecular weight is 101 g/mol. The van der Waals surface area contributed by atoms with Crippen LogP contribution in [0.1, 0.15) is 0 Å². The first-order valence-corrected chi connectivity index (χ1v) is 5.56. The quantitative estimate of drug-likeness (QED) is 0.252. The molecule has 0 aliphatic rings. The minimum atomic E-state index is -0.861. The van der Waals surface area contributed by atoms with E-state index in [1.54, 1.807) is 0 Å². The summed E-state index contributed by atoms with van der Waals surface area (Å²) in [5.74, 6) is 0. The van der Waals surface area contributed by atoms with Crippen LogP contribution in [0.3, 0.4) is 0 Å². The standard InChI is InChI=1S/C4H11Si.2Li/c1-5(2,3)4;;/h1H2,2-4H3;;/q-1;;+1. The summed E-state index contributed by atoms with van der Waals surface area (Å²) in [5, 5.41) is 0. The zero-order chi connectivity index (χ0) is 4.50. The van der Waals surface area contributed by atoms with E-state index in [4.69, 9.17) is 0 Å². The number of hydrogen-bond acceptors (Lipinski definition) is 0. The molecule has 0 heterocycles. The fourth-order valence-electron chi connectivity index (χ4n) is 0. The first kappa shape index (κ1) is 15.8. The maximum absolute atomic E-state index is 3.91. The van der Waals surface area contributed by atoms with E-state index in [0.29, 0.717) is 0 Å². The summed E-state index contributed by atoms with van der Waals surface area (Å²) in [6, 6.07) is 0. The van der Waals surface area contributed by atoms with Gasteiger partial charge in [0.25, 0.3) is 0 Å². The van der Waals surface area contributed by atoms with E-state index in [2.05, 4.69) is 26.2 Å². The van der Waals surface area contributed by atoms with Crippen molar-refractivity contribution in [2.24, 2.45) is 0 Å². The van der Waals surface area contributed by atoms with Crippen molar-refractivity contribution in [3.05, 3.63) is 6.55 Å². The Morgan fingerprint density at radius 2 is 1.14 bits per heavy atom. The predicted octanol–water partition coefficient (Wildman–Crippen LogP) is -1.68. The SMILES string of the molecule is [CH2-][Si](C)(C)C.[Li+].[Li]. The van der Waals surface area contributed by atoms with E-state index in [1.807, 2.05) is 0 Å². The molecule has 0 aromatic heterocycles. The zero-order valence-electron chi connectivity index (χ0n) is 6.21. The molecule has 0 aliphatic heterocycles. The first-order chi connectivity index (χ1) is 2.00. The van der Waals surface area contributed by atoms with Crippen LogP contribution in [0.25, 0.3) is 0 Å². The van der Waals surface area contributed by atoms with Crippen molar-refractivity contribution in [1.29, 1.82) is 0 Å². The molecule has 0 rings (SSSR count). The van der Waals surface area contributed by atoms with Crippen LogP contribution in [0, 0.1) is 6.55 Å². The van der Waals surface area contributed by atoms with E-state index in [9.17, 15) is 0 Å². The Kier molecular flexibility index (Phi) is 12.5. The van der Waals surface area contributed by atoms with E-state index in [0.717, 1.165) is 0 Å². The topological polar surface area (TPSA) is 0 Å². The van der Waals surface area contributed by atoms with Gasteiger partial charge in [-0.15, -0.1) is 8.07 Å². The van der Waals surface area contributed by atoms with Gasteiger partial charge in [0, 0.05) is 18.9 Å². The van der Waals surface area contributed by atoms with Gasteiger partial charge in [-0.2, -0.15) is 0 Å². The van der Waals surface area contributed by atoms with Crippen LogP contribution in [0.15, 0.2) is 0 Å². The second kappa shape index (κ2) is 5.55. The van der Waals surface area contributed by atoms with Crippen LogP contribution < -0.4 is 18.9 Å². The number of hydrogen-bond donors (Lipinski definition) is 0. The molecule has 0 N–H and O–H groups in total. The molecule has 0 aromatic carbocycles. The molecule has 0 atom stereocenters. The van der Waals surface area contributed by atoms with Gasteiger partial charge in [-0.1, -0.05) is 19.6 Å². The summed E-state index contributed by atoms with van der Waals surface area (Å²) in [6.07, 6.45) is 0. The van der Waals surface area contributed by atoms with Gasteiger partial charge in [0.2, 0.25) is 0 Å². The van der Waals surface area contributed by atoms with Crippen LogP contribution in [-0.4, -0.2) is 26.9 Å². The van der Waals surface area contributed by atoms with E-state index in [-0.39, 0.29) is 37.7 Å². The van der Waals surface area contributed by atoms with Gasteiger partial charge in [0.05, 0.1) is 0 Å². The summed E-state index contributed by atoms with van der Waals surface area (Å²) in [7, 11) is -0.861. The maximum atomic E-state index is 3.91. The monoisotopic (exact) mass is 101 g/mol. The Bertz CT molecular complexity index is 25.2. The van der Waals surface area contributed by atoms with Crippen molar-refractivity contribution >= 4 is 26.9 Å². The fraction of sp³-hybridized carbons (Fsp3) is 0.750. The van der Waals surface area contributed by atoms with E-state index >= 15 is 0 Å². The van der Waals surface area contributed by atoms with Gasteiger partial charge in [-0.25, -0.2) is 0 Å². The van der Waals surface area contributed by atoms with Gasteiger partial charge < -0.3 is 6.55 Å². The van der Waals surface area contributed by atoms with Crippen LogP contribution in [0.5, 0.6) is 0 Å². The largest absolute Gasteiger partial charge is 1.00 e. The Morgan fingerprint density at radius 1 is 1.14 bits per heavy atom. The molecular formula is C4H11Li2Si. The van der Waals surface area contributed by atoms with Crippen molar-refractivity contribution in [3.8, 4) is 0 Å². The van der Waals surface area contributed by atoms with E-state index < -0.39 is 8.07 Å². The average Bonchev–Trinajstić information content (AvgIpc) is 0.722. The van der Waals surface area contributed by atoms with Crippen molar-refractivity contribution in [1.82, 2.24) is 0 Å². The fourth-order valence-corrected chi connectivity index (χ4v) is 0. The molecule has 0 aliphatic carbocycles. The van der Waals surface area contributed by atoms with Crippen molar-refractivity contribution in [3.63, 3.8) is 0 Å². The van der Waals surface area contributed by atoms with Gasteiger partial charge in [-0.3, -0.25) is 0 Å². The molecular weight excluding hydrogens is 90.0 g/mol. The van der Waals surface area contributed by atoms with Gasteiger partial charge in [0.1, 0.15) is 0 Å². The van der Waals surface area contributed by atoms with Crippen LogP contribution in [0.2, 0.25) is 19.6 Å². The van der Waals surface area contributed by atoms with Crippen LogP contribution in [-0.2, 0) is 0 Å². The normalized spacial score (nSPS) is 8.57. The molecule has 0 spiro atoms. The maximum Gasteiger partial charge on any atom is 1.00 e. The Balaban J connectivity index is -0.0000000800. The minimum absolute atomic E-state index is 0. The number of rotatable bonds is 0. The molecule has 3 heteroatoms. The molecule has 0 saturated heterocycles. The smallest absolute Gasteiger partial charge is 0.342 e. The second-order valence-electron chi connectivity index (χ2n) is 2.56. The molecule has 1 radical (unpaired) electrons. The summed E-state index contributed by atoms with van der Waals surface area (Å²) in [6.45, 7) is 10.6. The van der Waals surface area contributed by atoms with Crippen molar-refractivity contribution < 1.29 is 18.9 Å². The van der Waals surface area contributed by atoms with Crippen LogP contribution in [0.4, 0.5) is 0 Å². The Labute approximate surface area is 71.8 Å². The molecule has 0 unspecified atom stereocenters. The van der Waals surface area contributed by atoms with Crippen molar-refractivity contribution in [2.45, 2.75) is 19.6 Å². The molecule has 0 aromatic rings. The van der Waals surface area contributed by atoms with Crippen LogP contribution >= 0.6 is 0 Å². The third-order valence-corrected chi connectivity index (χ3v) is 0. The van der Waals surface area contributed by atoms with E-state index in [1.165, 1.54) is 0 Å². The van der Waals surface area contributed by atoms with Gasteiger partial charge in [-0.05, 0) is 0 Å². The summed E-state index contributed by atoms with van der Waals surface area (Å²) >= 11 is 0. The summed E-state index contributed by atoms with van der Waals surface area (Å²) in [4.78, 5) is 0. The Hall–Kier alpha value is 1.41. The predicted molar refractivity (Wildman–Crippen MR) is 34.5 cm³/mol. The molecule has 0 saturated carbocycles. The second-order valence-corrected chi connectivity index (χ2v) is 7.68. The zero-order valence-corrected chi connectivity index (χ0v) is 7.21. The molecule has 0 bridgehead atoms. The molecule has 0 amide bonds. The minimum Gasteiger partial charge on any atom is -0.342 e. The third kappa shape index (κ3) is 109. The molecule has 33 valence electrons. The van der Waals surface area contributed by atoms with Gasteiger partial charge in [0.15, 0.2) is 0 Å². The first-order valence-electron chi connectivity index (χ1n) is 1.85. The molecule has 7 heavy (non-hydrogen) atoms. The summed E-state index contributed by atoms with van der Waals surface area (Å²) < 4.78 is 0. The molecule has 0 nitrogen and oxygen atoms in total. The molecule has 0 fully saturated rings. The Morgan fingerprint density at radius 3 is 1.14 bits per heavy atom. The van der Waals surface area contributed by atoms with Gasteiger partial charge >= 0.3 is 18.9 Å². The third-order valence-electron chi connectivity index (χ3n) is 0.